The van der Waals surface area contributed by atoms with E-state index in [4.69, 9.17) is 23.2 Å². The van der Waals surface area contributed by atoms with Crippen molar-refractivity contribution in [1.29, 1.82) is 0 Å². The van der Waals surface area contributed by atoms with E-state index in [2.05, 4.69) is 67.2 Å². The van der Waals surface area contributed by atoms with Gasteiger partial charge in [0.2, 0.25) is 0 Å². The number of amides is 2. The maximum absolute atomic E-state index is 13.3. The molecule has 0 saturated heterocycles. The van der Waals surface area contributed by atoms with Gasteiger partial charge in [-0.05, 0) is 46.9 Å². The Labute approximate surface area is 187 Å². The summed E-state index contributed by atoms with van der Waals surface area (Å²) in [6.45, 7) is 7.95. The van der Waals surface area contributed by atoms with E-state index in [1.807, 2.05) is 11.0 Å². The highest BCUT2D eigenvalue weighted by Gasteiger charge is 2.32. The lowest BCUT2D eigenvalue weighted by atomic mass is 9.86. The second-order valence-corrected chi connectivity index (χ2v) is 9.49. The summed E-state index contributed by atoms with van der Waals surface area (Å²) in [6, 6.07) is 17.4. The van der Waals surface area contributed by atoms with Crippen molar-refractivity contribution in [3.8, 4) is 0 Å². The molecule has 1 aliphatic rings. The van der Waals surface area contributed by atoms with Gasteiger partial charge in [0.25, 0.3) is 0 Å². The van der Waals surface area contributed by atoms with Crippen LogP contribution in [0.3, 0.4) is 0 Å². The Morgan fingerprint density at radius 3 is 2.43 bits per heavy atom. The number of hydrogen-bond acceptors (Lipinski definition) is 1. The van der Waals surface area contributed by atoms with Gasteiger partial charge in [0, 0.05) is 30.0 Å². The quantitative estimate of drug-likeness (QED) is 0.470. The number of rotatable bonds is 2. The Hall–Kier alpha value is -2.43. The number of nitrogens with one attached hydrogen (secondary N) is 1. The molecule has 6 heteroatoms. The van der Waals surface area contributed by atoms with Crippen LogP contribution in [0.15, 0.2) is 60.8 Å². The van der Waals surface area contributed by atoms with Crippen molar-refractivity contribution in [2.24, 2.45) is 0 Å². The Balaban J connectivity index is 1.67. The maximum atomic E-state index is 13.3. The molecular formula is C24H25Cl2N3O. The minimum absolute atomic E-state index is 0.0771. The van der Waals surface area contributed by atoms with Gasteiger partial charge in [0.15, 0.2) is 0 Å². The molecular weight excluding hydrogens is 417 g/mol. The first-order chi connectivity index (χ1) is 14.2. The number of carbonyl (C=O) groups excluding carboxylic acids is 1. The molecule has 2 heterocycles. The number of benzene rings is 2. The number of carbonyl (C=O) groups is 1. The van der Waals surface area contributed by atoms with Crippen molar-refractivity contribution in [1.82, 2.24) is 9.47 Å². The zero-order valence-electron chi connectivity index (χ0n) is 17.3. The molecule has 1 aromatic heterocycles. The fourth-order valence-corrected chi connectivity index (χ4v) is 4.35. The Morgan fingerprint density at radius 1 is 1.03 bits per heavy atom. The van der Waals surface area contributed by atoms with Crippen molar-refractivity contribution < 1.29 is 4.79 Å². The molecule has 30 heavy (non-hydrogen) atoms. The number of fused-ring (bicyclic) bond motifs is 1. The van der Waals surface area contributed by atoms with Crippen molar-refractivity contribution in [2.45, 2.75) is 38.8 Å². The van der Waals surface area contributed by atoms with Crippen molar-refractivity contribution in [3.63, 3.8) is 0 Å². The third-order valence-electron chi connectivity index (χ3n) is 5.56. The average molecular weight is 442 g/mol. The molecule has 2 aromatic carbocycles. The standard InChI is InChI=1S/C24H25Cl2N3O/c1-24(2,3)17-8-6-16(7-9-17)22-21-5-4-12-28(21)13-14-29(22)23(30)27-20-11-10-18(25)15-19(20)26/h4-12,15,22H,13-14H2,1-3H3,(H,27,30). The lowest BCUT2D eigenvalue weighted by molar-refractivity contribution is 0.182. The van der Waals surface area contributed by atoms with Crippen LogP contribution < -0.4 is 5.32 Å². The maximum Gasteiger partial charge on any atom is 0.322 e. The molecule has 4 rings (SSSR count). The van der Waals surface area contributed by atoms with Crippen molar-refractivity contribution in [3.05, 3.63) is 87.7 Å². The third-order valence-corrected chi connectivity index (χ3v) is 6.11. The summed E-state index contributed by atoms with van der Waals surface area (Å²) in [4.78, 5) is 15.1. The minimum atomic E-state index is -0.184. The van der Waals surface area contributed by atoms with Gasteiger partial charge >= 0.3 is 6.03 Å². The Morgan fingerprint density at radius 2 is 1.77 bits per heavy atom. The molecule has 0 fully saturated rings. The van der Waals surface area contributed by atoms with E-state index in [9.17, 15) is 4.79 Å². The molecule has 0 spiro atoms. The van der Waals surface area contributed by atoms with Gasteiger partial charge in [-0.1, -0.05) is 68.2 Å². The first-order valence-corrected chi connectivity index (χ1v) is 10.8. The van der Waals surface area contributed by atoms with Crippen LogP contribution in [0.5, 0.6) is 0 Å². The highest BCUT2D eigenvalue weighted by Crippen LogP contribution is 2.35. The van der Waals surface area contributed by atoms with E-state index < -0.39 is 0 Å². The van der Waals surface area contributed by atoms with E-state index >= 15 is 0 Å². The van der Waals surface area contributed by atoms with Gasteiger partial charge in [-0.3, -0.25) is 0 Å². The van der Waals surface area contributed by atoms with Gasteiger partial charge in [-0.15, -0.1) is 0 Å². The van der Waals surface area contributed by atoms with E-state index in [1.165, 1.54) is 5.56 Å². The average Bonchev–Trinajstić information content (AvgIpc) is 3.17. The Bertz CT molecular complexity index is 1070. The molecule has 4 nitrogen and oxygen atoms in total. The van der Waals surface area contributed by atoms with E-state index in [1.54, 1.807) is 18.2 Å². The lowest BCUT2D eigenvalue weighted by Gasteiger charge is -2.37. The smallest absolute Gasteiger partial charge is 0.322 e. The van der Waals surface area contributed by atoms with Crippen LogP contribution in [0, 0.1) is 0 Å². The minimum Gasteiger partial charge on any atom is -0.348 e. The van der Waals surface area contributed by atoms with Gasteiger partial charge < -0.3 is 14.8 Å². The molecule has 1 N–H and O–H groups in total. The number of urea groups is 1. The van der Waals surface area contributed by atoms with Crippen molar-refractivity contribution >= 4 is 34.9 Å². The monoisotopic (exact) mass is 441 g/mol. The SMILES string of the molecule is CC(C)(C)c1ccc(C2c3cccn3CCN2C(=O)Nc2ccc(Cl)cc2Cl)cc1. The summed E-state index contributed by atoms with van der Waals surface area (Å²) in [5, 5.41) is 3.90. The van der Waals surface area contributed by atoms with E-state index in [-0.39, 0.29) is 17.5 Å². The van der Waals surface area contributed by atoms with E-state index in [0.29, 0.717) is 22.3 Å². The zero-order chi connectivity index (χ0) is 21.5. The van der Waals surface area contributed by atoms with Gasteiger partial charge in [-0.25, -0.2) is 4.79 Å². The van der Waals surface area contributed by atoms with Crippen LogP contribution in [0.25, 0.3) is 0 Å². The van der Waals surface area contributed by atoms with Crippen LogP contribution in [0.1, 0.15) is 43.6 Å². The normalized spacial score (nSPS) is 16.3. The molecule has 1 unspecified atom stereocenters. The number of aromatic nitrogens is 1. The topological polar surface area (TPSA) is 37.3 Å². The van der Waals surface area contributed by atoms with E-state index in [0.717, 1.165) is 17.8 Å². The number of anilines is 1. The predicted molar refractivity (Wildman–Crippen MR) is 124 cm³/mol. The summed E-state index contributed by atoms with van der Waals surface area (Å²) in [5.74, 6) is 0. The van der Waals surface area contributed by atoms with Crippen LogP contribution in [-0.2, 0) is 12.0 Å². The highest BCUT2D eigenvalue weighted by atomic mass is 35.5. The summed E-state index contributed by atoms with van der Waals surface area (Å²) in [6.07, 6.45) is 2.07. The molecule has 0 bridgehead atoms. The highest BCUT2D eigenvalue weighted by molar-refractivity contribution is 6.36. The first-order valence-electron chi connectivity index (χ1n) is 10.0. The largest absolute Gasteiger partial charge is 0.348 e. The number of nitrogens with zero attached hydrogens (tertiary/aromatic N) is 2. The third kappa shape index (κ3) is 4.07. The first kappa shape index (κ1) is 20.8. The van der Waals surface area contributed by atoms with Crippen LogP contribution in [0.2, 0.25) is 10.0 Å². The molecule has 0 radical (unpaired) electrons. The van der Waals surface area contributed by atoms with Crippen LogP contribution in [-0.4, -0.2) is 22.0 Å². The summed E-state index contributed by atoms with van der Waals surface area (Å²) >= 11 is 12.3. The molecule has 0 saturated carbocycles. The second kappa shape index (κ2) is 8.01. The molecule has 1 aliphatic heterocycles. The molecule has 0 aliphatic carbocycles. The van der Waals surface area contributed by atoms with Crippen LogP contribution >= 0.6 is 23.2 Å². The molecule has 156 valence electrons. The second-order valence-electron chi connectivity index (χ2n) is 8.65. The van der Waals surface area contributed by atoms with Gasteiger partial charge in [-0.2, -0.15) is 0 Å². The zero-order valence-corrected chi connectivity index (χ0v) is 18.8. The predicted octanol–water partition coefficient (Wildman–Crippen LogP) is 6.73. The molecule has 3 aromatic rings. The lowest BCUT2D eigenvalue weighted by Crippen LogP contribution is -2.44. The Kier molecular flexibility index (Phi) is 5.56. The summed E-state index contributed by atoms with van der Waals surface area (Å²) in [7, 11) is 0. The molecule has 1 atom stereocenters. The van der Waals surface area contributed by atoms with Gasteiger partial charge in [0.05, 0.1) is 16.8 Å². The summed E-state index contributed by atoms with van der Waals surface area (Å²) in [5.41, 5.74) is 4.07. The van der Waals surface area contributed by atoms with Gasteiger partial charge in [0.1, 0.15) is 0 Å². The molecule has 2 amide bonds. The fraction of sp³-hybridized carbons (Fsp3) is 0.292. The number of hydrogen-bond donors (Lipinski definition) is 1. The number of halogens is 2. The van der Waals surface area contributed by atoms with Crippen molar-refractivity contribution in [2.75, 3.05) is 11.9 Å². The fourth-order valence-electron chi connectivity index (χ4n) is 3.90. The van der Waals surface area contributed by atoms with Crippen LogP contribution in [0.4, 0.5) is 10.5 Å². The summed E-state index contributed by atoms with van der Waals surface area (Å²) < 4.78 is 2.21.